The number of aryl methyl sites for hydroxylation is 1. The highest BCUT2D eigenvalue weighted by Crippen LogP contribution is 2.25. The lowest BCUT2D eigenvalue weighted by Crippen LogP contribution is -2.46. The molecule has 1 fully saturated rings. The summed E-state index contributed by atoms with van der Waals surface area (Å²) in [5, 5.41) is 16.1. The van der Waals surface area contributed by atoms with Gasteiger partial charge in [0.2, 0.25) is 11.8 Å². The van der Waals surface area contributed by atoms with Gasteiger partial charge >= 0.3 is 0 Å². The van der Waals surface area contributed by atoms with Gasteiger partial charge in [0.05, 0.1) is 13.1 Å². The van der Waals surface area contributed by atoms with E-state index >= 15 is 0 Å². The molecule has 1 N–H and O–H groups in total. The summed E-state index contributed by atoms with van der Waals surface area (Å²) >= 11 is 0. The maximum atomic E-state index is 12.5. The predicted molar refractivity (Wildman–Crippen MR) is 90.8 cm³/mol. The van der Waals surface area contributed by atoms with Crippen molar-refractivity contribution in [3.63, 3.8) is 0 Å². The van der Waals surface area contributed by atoms with E-state index < -0.39 is 0 Å². The van der Waals surface area contributed by atoms with Gasteiger partial charge < -0.3 is 4.42 Å². The number of anilines is 1. The van der Waals surface area contributed by atoms with E-state index in [1.807, 2.05) is 6.92 Å². The molecule has 8 nitrogen and oxygen atoms in total. The van der Waals surface area contributed by atoms with Crippen molar-refractivity contribution in [3.05, 3.63) is 29.5 Å². The molecule has 132 valence electrons. The van der Waals surface area contributed by atoms with Gasteiger partial charge in [0, 0.05) is 11.6 Å². The monoisotopic (exact) mass is 342 g/mol. The van der Waals surface area contributed by atoms with E-state index in [1.54, 1.807) is 17.9 Å². The Bertz CT molecular complexity index is 774. The summed E-state index contributed by atoms with van der Waals surface area (Å²) in [4.78, 5) is 18.6. The molecule has 25 heavy (non-hydrogen) atoms. The zero-order valence-electron chi connectivity index (χ0n) is 14.5. The van der Waals surface area contributed by atoms with Gasteiger partial charge in [-0.05, 0) is 33.2 Å². The number of amides is 1. The molecule has 8 heteroatoms. The Balaban J connectivity index is 1.64. The smallest absolute Gasteiger partial charge is 0.240 e. The molecular weight excluding hydrogens is 320 g/mol. The molecule has 1 amide bonds. The number of aromatic nitrogens is 3. The summed E-state index contributed by atoms with van der Waals surface area (Å²) in [5.41, 5.74) is 1.16. The van der Waals surface area contributed by atoms with Crippen molar-refractivity contribution < 1.29 is 9.21 Å². The summed E-state index contributed by atoms with van der Waals surface area (Å²) < 4.78 is 7.31. The number of nitrogens with zero attached hydrogens (tertiary/aromatic N) is 5. The second-order valence-corrected chi connectivity index (χ2v) is 6.38. The molecule has 1 unspecified atom stereocenters. The Labute approximate surface area is 146 Å². The zero-order valence-corrected chi connectivity index (χ0v) is 14.5. The van der Waals surface area contributed by atoms with Gasteiger partial charge in [-0.3, -0.25) is 19.7 Å². The lowest BCUT2D eigenvalue weighted by atomic mass is 10.0. The summed E-state index contributed by atoms with van der Waals surface area (Å²) in [7, 11) is 0. The first-order chi connectivity index (χ1) is 12.1. The van der Waals surface area contributed by atoms with Gasteiger partial charge in [-0.1, -0.05) is 6.42 Å². The fraction of sp³-hybridized carbons (Fsp3) is 0.529. The predicted octanol–water partition coefficient (Wildman–Crippen LogP) is 1.85. The highest BCUT2D eigenvalue weighted by atomic mass is 16.4. The number of likely N-dealkylation sites (tertiary alicyclic amines) is 1. The number of rotatable bonds is 5. The van der Waals surface area contributed by atoms with E-state index in [0.717, 1.165) is 37.9 Å². The minimum Gasteiger partial charge on any atom is -0.444 e. The third kappa shape index (κ3) is 3.88. The summed E-state index contributed by atoms with van der Waals surface area (Å²) in [6.07, 6.45) is 6.46. The van der Waals surface area contributed by atoms with Crippen molar-refractivity contribution in [1.29, 1.82) is 5.26 Å². The van der Waals surface area contributed by atoms with Crippen LogP contribution >= 0.6 is 0 Å². The normalized spacial score (nSPS) is 18.0. The van der Waals surface area contributed by atoms with E-state index in [-0.39, 0.29) is 24.4 Å². The minimum atomic E-state index is -0.171. The number of carbonyl (C=O) groups is 1. The van der Waals surface area contributed by atoms with E-state index in [2.05, 4.69) is 26.4 Å². The molecular formula is C17H22N6O2. The third-order valence-corrected chi connectivity index (χ3v) is 4.71. The van der Waals surface area contributed by atoms with Gasteiger partial charge in [0.15, 0.2) is 0 Å². The molecule has 2 aromatic rings. The summed E-state index contributed by atoms with van der Waals surface area (Å²) in [5.74, 6) is 0.719. The average molecular weight is 342 g/mol. The largest absolute Gasteiger partial charge is 0.444 e. The molecule has 0 aromatic carbocycles. The number of piperidine rings is 1. The number of furan rings is 1. The lowest BCUT2D eigenvalue weighted by Gasteiger charge is -2.34. The fourth-order valence-corrected chi connectivity index (χ4v) is 3.22. The quantitative estimate of drug-likeness (QED) is 0.890. The van der Waals surface area contributed by atoms with Gasteiger partial charge in [0.25, 0.3) is 0 Å². The second-order valence-electron chi connectivity index (χ2n) is 6.38. The van der Waals surface area contributed by atoms with Crippen LogP contribution in [0.4, 0.5) is 5.88 Å². The van der Waals surface area contributed by atoms with Crippen LogP contribution in [-0.4, -0.2) is 44.7 Å². The number of carbonyl (C=O) groups excluding carboxylic acids is 1. The first-order valence-corrected chi connectivity index (χ1v) is 8.45. The molecule has 1 atom stereocenters. The van der Waals surface area contributed by atoms with Gasteiger partial charge in [0.1, 0.15) is 30.0 Å². The molecule has 0 aliphatic carbocycles. The van der Waals surface area contributed by atoms with Gasteiger partial charge in [-0.15, -0.1) is 0 Å². The number of nitrogens with one attached hydrogen (secondary N) is 1. The second kappa shape index (κ2) is 7.49. The molecule has 3 rings (SSSR count). The first-order valence-electron chi connectivity index (χ1n) is 8.45. The van der Waals surface area contributed by atoms with Crippen molar-refractivity contribution >= 4 is 11.8 Å². The van der Waals surface area contributed by atoms with Crippen molar-refractivity contribution in [2.75, 3.05) is 18.4 Å². The molecule has 0 bridgehead atoms. The maximum Gasteiger partial charge on any atom is 0.240 e. The third-order valence-electron chi connectivity index (χ3n) is 4.71. The zero-order chi connectivity index (χ0) is 17.8. The van der Waals surface area contributed by atoms with E-state index in [0.29, 0.717) is 11.3 Å². The Morgan fingerprint density at radius 1 is 1.48 bits per heavy atom. The first kappa shape index (κ1) is 17.2. The van der Waals surface area contributed by atoms with Crippen LogP contribution in [-0.2, 0) is 11.3 Å². The summed E-state index contributed by atoms with van der Waals surface area (Å²) in [6, 6.07) is 2.34. The average Bonchev–Trinajstić information content (AvgIpc) is 3.18. The van der Waals surface area contributed by atoms with Crippen LogP contribution in [0.5, 0.6) is 0 Å². The standard InChI is InChI=1S/C17H22N6O2/c1-12-13(2)25-17(15(12)7-18)21-16(24)9-22-6-4-3-5-14(22)8-23-11-19-10-20-23/h10-11,14H,3-6,8-9H2,1-2H3,(H,21,24). The summed E-state index contributed by atoms with van der Waals surface area (Å²) in [6.45, 7) is 5.45. The number of nitriles is 1. The lowest BCUT2D eigenvalue weighted by molar-refractivity contribution is -0.118. The molecule has 1 aliphatic heterocycles. The topological polar surface area (TPSA) is 100.0 Å². The molecule has 2 aromatic heterocycles. The fourth-order valence-electron chi connectivity index (χ4n) is 3.22. The minimum absolute atomic E-state index is 0.171. The van der Waals surface area contributed by atoms with Crippen LogP contribution in [0.2, 0.25) is 0 Å². The molecule has 0 saturated carbocycles. The van der Waals surface area contributed by atoms with Gasteiger partial charge in [-0.25, -0.2) is 4.98 Å². The molecule has 0 spiro atoms. The van der Waals surface area contributed by atoms with Crippen LogP contribution < -0.4 is 5.32 Å². The Morgan fingerprint density at radius 2 is 2.32 bits per heavy atom. The number of hydrogen-bond donors (Lipinski definition) is 1. The van der Waals surface area contributed by atoms with Crippen LogP contribution in [0.3, 0.4) is 0 Å². The molecule has 1 aliphatic rings. The Kier molecular flexibility index (Phi) is 5.14. The SMILES string of the molecule is Cc1oc(NC(=O)CN2CCCCC2Cn2cncn2)c(C#N)c1C. The van der Waals surface area contributed by atoms with E-state index in [4.69, 9.17) is 4.42 Å². The van der Waals surface area contributed by atoms with E-state index in [9.17, 15) is 10.1 Å². The van der Waals surface area contributed by atoms with Crippen molar-refractivity contribution in [2.24, 2.45) is 0 Å². The molecule has 0 radical (unpaired) electrons. The van der Waals surface area contributed by atoms with E-state index in [1.165, 1.54) is 6.33 Å². The van der Waals surface area contributed by atoms with Crippen molar-refractivity contribution in [1.82, 2.24) is 19.7 Å². The van der Waals surface area contributed by atoms with Gasteiger partial charge in [-0.2, -0.15) is 10.4 Å². The number of hydrogen-bond acceptors (Lipinski definition) is 6. The Hall–Kier alpha value is -2.66. The highest BCUT2D eigenvalue weighted by molar-refractivity contribution is 5.92. The van der Waals surface area contributed by atoms with Crippen LogP contribution in [0.1, 0.15) is 36.1 Å². The van der Waals surface area contributed by atoms with Crippen LogP contribution in [0, 0.1) is 25.2 Å². The van der Waals surface area contributed by atoms with Crippen molar-refractivity contribution in [3.8, 4) is 6.07 Å². The van der Waals surface area contributed by atoms with Crippen LogP contribution in [0.15, 0.2) is 17.1 Å². The maximum absolute atomic E-state index is 12.5. The van der Waals surface area contributed by atoms with Crippen molar-refractivity contribution in [2.45, 2.75) is 45.7 Å². The van der Waals surface area contributed by atoms with Crippen LogP contribution in [0.25, 0.3) is 0 Å². The molecule has 1 saturated heterocycles. The Morgan fingerprint density at radius 3 is 3.04 bits per heavy atom. The highest BCUT2D eigenvalue weighted by Gasteiger charge is 2.26. The molecule has 3 heterocycles.